The molecule has 202 valence electrons. The zero-order valence-corrected chi connectivity index (χ0v) is 22.4. The van der Waals surface area contributed by atoms with Gasteiger partial charge in [0.1, 0.15) is 29.3 Å². The second-order valence-electron chi connectivity index (χ2n) is 10.5. The highest BCUT2D eigenvalue weighted by atomic mass is 35.5. The summed E-state index contributed by atoms with van der Waals surface area (Å²) in [4.78, 5) is 29.4. The Balaban J connectivity index is 1.72. The van der Waals surface area contributed by atoms with Gasteiger partial charge < -0.3 is 14.4 Å². The first-order valence-electron chi connectivity index (χ1n) is 12.3. The molecule has 2 amide bonds. The van der Waals surface area contributed by atoms with E-state index in [1.807, 2.05) is 6.92 Å². The average Bonchev–Trinajstić information content (AvgIpc) is 3.34. The minimum atomic E-state index is -2.77. The number of aryl methyl sites for hydroxylation is 1. The number of hydrogen-bond donors (Lipinski definition) is 0. The monoisotopic (exact) mass is 539 g/mol. The number of aromatic nitrogens is 3. The summed E-state index contributed by atoms with van der Waals surface area (Å²) in [7, 11) is 1.39. The van der Waals surface area contributed by atoms with E-state index in [4.69, 9.17) is 21.1 Å². The summed E-state index contributed by atoms with van der Waals surface area (Å²) < 4.78 is 39.8. The van der Waals surface area contributed by atoms with Gasteiger partial charge in [-0.05, 0) is 51.3 Å². The number of carbonyl (C=O) groups is 2. The van der Waals surface area contributed by atoms with Gasteiger partial charge in [-0.25, -0.2) is 18.3 Å². The molecule has 0 N–H and O–H groups in total. The van der Waals surface area contributed by atoms with Crippen LogP contribution in [-0.2, 0) is 29.6 Å². The molecule has 0 saturated carbocycles. The number of halogens is 3. The van der Waals surface area contributed by atoms with Crippen molar-refractivity contribution in [3.8, 4) is 5.75 Å². The lowest BCUT2D eigenvalue weighted by atomic mass is 9.91. The largest absolute Gasteiger partial charge is 0.487 e. The van der Waals surface area contributed by atoms with Gasteiger partial charge in [0.2, 0.25) is 5.91 Å². The van der Waals surface area contributed by atoms with Crippen LogP contribution in [0, 0.1) is 5.92 Å². The molecule has 4 rings (SSSR count). The lowest BCUT2D eigenvalue weighted by molar-refractivity contribution is -0.131. The smallest absolute Gasteiger partial charge is 0.410 e. The van der Waals surface area contributed by atoms with Crippen molar-refractivity contribution in [2.24, 2.45) is 13.0 Å². The number of hydrogen-bond acceptors (Lipinski definition) is 6. The van der Waals surface area contributed by atoms with Gasteiger partial charge in [-0.1, -0.05) is 23.7 Å². The number of amides is 2. The lowest BCUT2D eigenvalue weighted by Crippen LogP contribution is -2.47. The van der Waals surface area contributed by atoms with Gasteiger partial charge in [-0.2, -0.15) is 0 Å². The van der Waals surface area contributed by atoms with Crippen LogP contribution in [0.15, 0.2) is 12.1 Å². The molecule has 2 atom stereocenters. The van der Waals surface area contributed by atoms with Crippen LogP contribution in [0.3, 0.4) is 0 Å². The fraction of sp³-hybridized carbons (Fsp3) is 0.600. The van der Waals surface area contributed by atoms with Crippen LogP contribution in [0.25, 0.3) is 0 Å². The number of fused-ring (bicyclic) bond motifs is 1. The Morgan fingerprint density at radius 2 is 2.00 bits per heavy atom. The molecule has 1 aromatic heterocycles. The number of likely N-dealkylation sites (tertiary alicyclic amines) is 1. The number of alkyl halides is 2. The standard InChI is InChI=1S/C25H32ClF2N5O4/c1-14-8-10-32(23(14)34)12-18-20-15(9-11-33(18)24(35)37-25(2,3)4)16(26)6-7-19(20)36-13-17-21(22(27)28)31(5)30-29-17/h6-7,14,18,22H,8-13H2,1-5H3/t14-,18-/m1/s1. The van der Waals surface area contributed by atoms with E-state index < -0.39 is 24.2 Å². The number of carbonyl (C=O) groups excluding carboxylic acids is 2. The minimum Gasteiger partial charge on any atom is -0.487 e. The summed E-state index contributed by atoms with van der Waals surface area (Å²) in [5.41, 5.74) is 0.398. The zero-order chi connectivity index (χ0) is 27.1. The van der Waals surface area contributed by atoms with Gasteiger partial charge in [0.25, 0.3) is 6.43 Å². The molecule has 9 nitrogen and oxygen atoms in total. The summed E-state index contributed by atoms with van der Waals surface area (Å²) >= 11 is 6.57. The number of ether oxygens (including phenoxy) is 2. The highest BCUT2D eigenvalue weighted by molar-refractivity contribution is 6.31. The molecule has 1 aromatic carbocycles. The van der Waals surface area contributed by atoms with Gasteiger partial charge in [0.05, 0.1) is 6.04 Å². The minimum absolute atomic E-state index is 0.0149. The van der Waals surface area contributed by atoms with Crippen molar-refractivity contribution in [3.63, 3.8) is 0 Å². The molecule has 0 bridgehead atoms. The van der Waals surface area contributed by atoms with Gasteiger partial charge in [-0.15, -0.1) is 5.10 Å². The van der Waals surface area contributed by atoms with Crippen LogP contribution in [0.1, 0.15) is 69.1 Å². The third kappa shape index (κ3) is 5.66. The molecule has 0 unspecified atom stereocenters. The highest BCUT2D eigenvalue weighted by Gasteiger charge is 2.40. The Hall–Kier alpha value is -2.95. The normalized spacial score (nSPS) is 20.0. The summed E-state index contributed by atoms with van der Waals surface area (Å²) in [5.74, 6) is 0.294. The molecular weight excluding hydrogens is 508 g/mol. The van der Waals surface area contributed by atoms with Gasteiger partial charge in [0.15, 0.2) is 0 Å². The zero-order valence-electron chi connectivity index (χ0n) is 21.6. The first-order chi connectivity index (χ1) is 17.4. The molecule has 0 radical (unpaired) electrons. The second-order valence-corrected chi connectivity index (χ2v) is 10.9. The molecule has 1 fully saturated rings. The average molecular weight is 540 g/mol. The molecule has 1 saturated heterocycles. The van der Waals surface area contributed by atoms with Crippen LogP contribution in [0.4, 0.5) is 13.6 Å². The Labute approximate surface area is 219 Å². The summed E-state index contributed by atoms with van der Waals surface area (Å²) in [5, 5.41) is 8.03. The topological polar surface area (TPSA) is 89.8 Å². The molecule has 3 heterocycles. The Morgan fingerprint density at radius 3 is 2.62 bits per heavy atom. The van der Waals surface area contributed by atoms with Crippen LogP contribution >= 0.6 is 11.6 Å². The maximum atomic E-state index is 13.5. The van der Waals surface area contributed by atoms with E-state index >= 15 is 0 Å². The van der Waals surface area contributed by atoms with E-state index in [0.29, 0.717) is 35.8 Å². The third-order valence-electron chi connectivity index (χ3n) is 6.67. The van der Waals surface area contributed by atoms with Crippen LogP contribution in [0.2, 0.25) is 5.02 Å². The van der Waals surface area contributed by atoms with Crippen molar-refractivity contribution < 1.29 is 27.8 Å². The van der Waals surface area contributed by atoms with E-state index in [0.717, 1.165) is 16.7 Å². The maximum Gasteiger partial charge on any atom is 0.410 e. The molecule has 12 heteroatoms. The Bertz CT molecular complexity index is 1180. The quantitative estimate of drug-likeness (QED) is 0.529. The molecule has 0 aliphatic carbocycles. The van der Waals surface area contributed by atoms with Crippen LogP contribution in [0.5, 0.6) is 5.75 Å². The molecule has 2 aromatic rings. The molecule has 37 heavy (non-hydrogen) atoms. The maximum absolute atomic E-state index is 13.5. The fourth-order valence-electron chi connectivity index (χ4n) is 4.84. The van der Waals surface area contributed by atoms with E-state index in [-0.39, 0.29) is 36.4 Å². The van der Waals surface area contributed by atoms with Crippen molar-refractivity contribution in [3.05, 3.63) is 39.7 Å². The van der Waals surface area contributed by atoms with Gasteiger partial charge in [-0.3, -0.25) is 9.69 Å². The summed E-state index contributed by atoms with van der Waals surface area (Å²) in [6.07, 6.45) is -2.11. The van der Waals surface area contributed by atoms with Crippen LogP contribution in [-0.4, -0.2) is 62.0 Å². The van der Waals surface area contributed by atoms with E-state index in [9.17, 15) is 18.4 Å². The molecular formula is C25H32ClF2N5O4. The lowest BCUT2D eigenvalue weighted by Gasteiger charge is -2.40. The highest BCUT2D eigenvalue weighted by Crippen LogP contribution is 2.42. The Kier molecular flexibility index (Phi) is 7.64. The Morgan fingerprint density at radius 1 is 1.27 bits per heavy atom. The van der Waals surface area contributed by atoms with Gasteiger partial charge in [0, 0.05) is 43.2 Å². The number of benzene rings is 1. The first kappa shape index (κ1) is 27.1. The third-order valence-corrected chi connectivity index (χ3v) is 7.03. The van der Waals surface area contributed by atoms with E-state index in [1.54, 1.807) is 42.7 Å². The molecule has 2 aliphatic rings. The fourth-order valence-corrected chi connectivity index (χ4v) is 5.10. The van der Waals surface area contributed by atoms with E-state index in [1.165, 1.54) is 7.05 Å². The number of nitrogens with zero attached hydrogens (tertiary/aromatic N) is 5. The molecule has 0 spiro atoms. The van der Waals surface area contributed by atoms with Crippen molar-refractivity contribution in [2.45, 2.75) is 65.2 Å². The summed E-state index contributed by atoms with van der Waals surface area (Å²) in [6, 6.07) is 2.74. The summed E-state index contributed by atoms with van der Waals surface area (Å²) in [6.45, 7) is 8.15. The SMILES string of the molecule is C[C@@H]1CCN(C[C@@H]2c3c(OCc4nnn(C)c4C(F)F)ccc(Cl)c3CCN2C(=O)OC(C)(C)C)C1=O. The van der Waals surface area contributed by atoms with E-state index in [2.05, 4.69) is 10.3 Å². The first-order valence-corrected chi connectivity index (χ1v) is 12.6. The van der Waals surface area contributed by atoms with Crippen molar-refractivity contribution in [1.82, 2.24) is 24.8 Å². The predicted molar refractivity (Wildman–Crippen MR) is 131 cm³/mol. The predicted octanol–water partition coefficient (Wildman–Crippen LogP) is 4.69. The second kappa shape index (κ2) is 10.4. The van der Waals surface area contributed by atoms with Gasteiger partial charge >= 0.3 is 6.09 Å². The van der Waals surface area contributed by atoms with Crippen LogP contribution < -0.4 is 4.74 Å². The van der Waals surface area contributed by atoms with Crippen molar-refractivity contribution in [2.75, 3.05) is 19.6 Å². The van der Waals surface area contributed by atoms with Crippen molar-refractivity contribution in [1.29, 1.82) is 0 Å². The number of rotatable bonds is 6. The van der Waals surface area contributed by atoms with Crippen molar-refractivity contribution >= 4 is 23.6 Å². The molecule has 2 aliphatic heterocycles.